The Balaban J connectivity index is 1.84. The van der Waals surface area contributed by atoms with Crippen molar-refractivity contribution in [1.82, 2.24) is 15.0 Å². The average Bonchev–Trinajstić information content (AvgIpc) is 3.12. The van der Waals surface area contributed by atoms with Crippen LogP contribution in [0.15, 0.2) is 34.2 Å². The van der Waals surface area contributed by atoms with Crippen molar-refractivity contribution in [2.75, 3.05) is 6.61 Å². The Morgan fingerprint density at radius 1 is 1.33 bits per heavy atom. The van der Waals surface area contributed by atoms with Crippen molar-refractivity contribution in [2.45, 2.75) is 45.7 Å². The Labute approximate surface area is 162 Å². The Morgan fingerprint density at radius 3 is 2.74 bits per heavy atom. The van der Waals surface area contributed by atoms with Crippen LogP contribution in [-0.2, 0) is 6.54 Å². The number of aromatic amines is 1. The van der Waals surface area contributed by atoms with Gasteiger partial charge in [-0.3, -0.25) is 14.3 Å². The number of hydrogen-bond donors (Lipinski definition) is 3. The van der Waals surface area contributed by atoms with E-state index in [1.165, 1.54) is 0 Å². The Morgan fingerprint density at radius 2 is 2.07 bits per heavy atom. The standard InChI is InChI=1S/C19H24N4O3S/c1-3-5-10-23-18(25)16(17(24)20-19(23)27)15-11-14(21-22-15)12-6-8-13(9-7-12)26-4-2/h6-9,14,21,25H,3-5,10-11H2,1-2H3,(H,20,24,27). The largest absolute Gasteiger partial charge is 0.494 e. The molecule has 0 amide bonds. The molecule has 0 fully saturated rings. The highest BCUT2D eigenvalue weighted by atomic mass is 32.1. The summed E-state index contributed by atoms with van der Waals surface area (Å²) < 4.78 is 7.25. The summed E-state index contributed by atoms with van der Waals surface area (Å²) in [6.45, 7) is 5.16. The molecule has 2 heterocycles. The third-order valence-electron chi connectivity index (χ3n) is 4.54. The van der Waals surface area contributed by atoms with E-state index >= 15 is 0 Å². The number of ether oxygens (including phenoxy) is 1. The minimum atomic E-state index is -0.418. The first kappa shape index (κ1) is 19.2. The van der Waals surface area contributed by atoms with Gasteiger partial charge in [0.2, 0.25) is 5.88 Å². The van der Waals surface area contributed by atoms with Gasteiger partial charge in [-0.05, 0) is 43.3 Å². The van der Waals surface area contributed by atoms with Crippen molar-refractivity contribution in [1.29, 1.82) is 0 Å². The van der Waals surface area contributed by atoms with Crippen molar-refractivity contribution in [2.24, 2.45) is 5.10 Å². The van der Waals surface area contributed by atoms with Crippen LogP contribution >= 0.6 is 12.2 Å². The van der Waals surface area contributed by atoms with Crippen LogP contribution in [0, 0.1) is 4.77 Å². The molecule has 1 aliphatic heterocycles. The topological polar surface area (TPSA) is 91.6 Å². The molecule has 0 saturated carbocycles. The third kappa shape index (κ3) is 4.05. The Kier molecular flexibility index (Phi) is 5.95. The molecule has 27 heavy (non-hydrogen) atoms. The number of hydrogen-bond acceptors (Lipinski definition) is 6. The lowest BCUT2D eigenvalue weighted by Crippen LogP contribution is -2.22. The Hall–Kier alpha value is -2.61. The summed E-state index contributed by atoms with van der Waals surface area (Å²) in [5.74, 6) is 0.692. The van der Waals surface area contributed by atoms with Crippen molar-refractivity contribution >= 4 is 17.9 Å². The molecule has 0 spiro atoms. The first-order valence-electron chi connectivity index (χ1n) is 9.16. The van der Waals surface area contributed by atoms with E-state index in [2.05, 4.69) is 22.4 Å². The molecule has 0 saturated heterocycles. The molecule has 1 aromatic heterocycles. The summed E-state index contributed by atoms with van der Waals surface area (Å²) in [4.78, 5) is 15.1. The van der Waals surface area contributed by atoms with Gasteiger partial charge in [-0.25, -0.2) is 0 Å². The molecule has 144 valence electrons. The predicted molar refractivity (Wildman–Crippen MR) is 107 cm³/mol. The molecule has 1 atom stereocenters. The maximum absolute atomic E-state index is 12.4. The van der Waals surface area contributed by atoms with Crippen LogP contribution in [0.3, 0.4) is 0 Å². The summed E-state index contributed by atoms with van der Waals surface area (Å²) >= 11 is 5.19. The van der Waals surface area contributed by atoms with Crippen LogP contribution in [0.25, 0.3) is 0 Å². The molecule has 8 heteroatoms. The summed E-state index contributed by atoms with van der Waals surface area (Å²) in [7, 11) is 0. The first-order chi connectivity index (χ1) is 13.0. The van der Waals surface area contributed by atoms with Gasteiger partial charge in [0.25, 0.3) is 5.56 Å². The van der Waals surface area contributed by atoms with E-state index in [9.17, 15) is 9.90 Å². The van der Waals surface area contributed by atoms with Crippen LogP contribution in [0.1, 0.15) is 50.3 Å². The number of H-pyrrole nitrogens is 1. The first-order valence-corrected chi connectivity index (χ1v) is 9.57. The third-order valence-corrected chi connectivity index (χ3v) is 4.86. The van der Waals surface area contributed by atoms with Gasteiger partial charge in [-0.2, -0.15) is 5.10 Å². The molecular formula is C19H24N4O3S. The number of aromatic nitrogens is 2. The highest BCUT2D eigenvalue weighted by molar-refractivity contribution is 7.71. The molecule has 2 aromatic rings. The van der Waals surface area contributed by atoms with E-state index in [4.69, 9.17) is 17.0 Å². The summed E-state index contributed by atoms with van der Waals surface area (Å²) in [5, 5.41) is 14.9. The van der Waals surface area contributed by atoms with Gasteiger partial charge in [-0.15, -0.1) is 0 Å². The normalized spacial score (nSPS) is 16.1. The fraction of sp³-hybridized carbons (Fsp3) is 0.421. The van der Waals surface area contributed by atoms with Crippen molar-refractivity contribution in [3.8, 4) is 11.6 Å². The van der Waals surface area contributed by atoms with Crippen molar-refractivity contribution in [3.05, 3.63) is 50.5 Å². The molecule has 1 aliphatic rings. The maximum atomic E-state index is 12.4. The number of nitrogens with zero attached hydrogens (tertiary/aromatic N) is 2. The van der Waals surface area contributed by atoms with E-state index < -0.39 is 5.56 Å². The summed E-state index contributed by atoms with van der Waals surface area (Å²) in [6.07, 6.45) is 2.31. The zero-order valence-corrected chi connectivity index (χ0v) is 16.3. The number of benzene rings is 1. The lowest BCUT2D eigenvalue weighted by atomic mass is 10.00. The van der Waals surface area contributed by atoms with Crippen LogP contribution in [0.5, 0.6) is 11.6 Å². The number of rotatable bonds is 7. The SMILES string of the molecule is CCCCn1c(O)c(C2=NNC(c3ccc(OCC)cc3)C2)c(=O)[nH]c1=S. The van der Waals surface area contributed by atoms with Crippen LogP contribution in [0.4, 0.5) is 0 Å². The minimum Gasteiger partial charge on any atom is -0.494 e. The molecule has 0 bridgehead atoms. The van der Waals surface area contributed by atoms with Gasteiger partial charge in [0.1, 0.15) is 11.3 Å². The predicted octanol–water partition coefficient (Wildman–Crippen LogP) is 3.25. The fourth-order valence-corrected chi connectivity index (χ4v) is 3.37. The maximum Gasteiger partial charge on any atom is 0.264 e. The van der Waals surface area contributed by atoms with Gasteiger partial charge in [0, 0.05) is 13.0 Å². The molecule has 7 nitrogen and oxygen atoms in total. The van der Waals surface area contributed by atoms with Crippen LogP contribution in [0.2, 0.25) is 0 Å². The van der Waals surface area contributed by atoms with Gasteiger partial charge >= 0.3 is 0 Å². The molecular weight excluding hydrogens is 364 g/mol. The quantitative estimate of drug-likeness (QED) is 0.633. The number of hydrazone groups is 1. The second-order valence-corrected chi connectivity index (χ2v) is 6.80. The molecule has 0 radical (unpaired) electrons. The zero-order valence-electron chi connectivity index (χ0n) is 15.5. The second-order valence-electron chi connectivity index (χ2n) is 6.41. The van der Waals surface area contributed by atoms with E-state index in [-0.39, 0.29) is 22.3 Å². The monoisotopic (exact) mass is 388 g/mol. The smallest absolute Gasteiger partial charge is 0.264 e. The van der Waals surface area contributed by atoms with Crippen molar-refractivity contribution in [3.63, 3.8) is 0 Å². The van der Waals surface area contributed by atoms with Crippen LogP contribution < -0.4 is 15.7 Å². The second kappa shape index (κ2) is 8.39. The summed E-state index contributed by atoms with van der Waals surface area (Å²) in [5.41, 5.74) is 4.37. The molecule has 3 N–H and O–H groups in total. The summed E-state index contributed by atoms with van der Waals surface area (Å²) in [6, 6.07) is 7.69. The highest BCUT2D eigenvalue weighted by Crippen LogP contribution is 2.27. The lowest BCUT2D eigenvalue weighted by molar-refractivity contribution is 0.340. The van der Waals surface area contributed by atoms with Gasteiger partial charge in [-0.1, -0.05) is 25.5 Å². The van der Waals surface area contributed by atoms with E-state index in [0.717, 1.165) is 24.2 Å². The lowest BCUT2D eigenvalue weighted by Gasteiger charge is -2.13. The fourth-order valence-electron chi connectivity index (χ4n) is 3.10. The van der Waals surface area contributed by atoms with Gasteiger partial charge in [0.15, 0.2) is 4.77 Å². The molecule has 1 unspecified atom stereocenters. The molecule has 1 aromatic carbocycles. The Bertz CT molecular complexity index is 947. The number of unbranched alkanes of at least 4 members (excludes halogenated alkanes) is 1. The van der Waals surface area contributed by atoms with Crippen molar-refractivity contribution < 1.29 is 9.84 Å². The van der Waals surface area contributed by atoms with Gasteiger partial charge < -0.3 is 15.3 Å². The van der Waals surface area contributed by atoms with E-state index in [1.54, 1.807) is 4.57 Å². The highest BCUT2D eigenvalue weighted by Gasteiger charge is 2.26. The molecule has 0 aliphatic carbocycles. The molecule has 3 rings (SSSR count). The number of nitrogens with one attached hydrogen (secondary N) is 2. The average molecular weight is 388 g/mol. The zero-order chi connectivity index (χ0) is 19.4. The van der Waals surface area contributed by atoms with E-state index in [0.29, 0.717) is 25.3 Å². The number of aromatic hydroxyl groups is 1. The van der Waals surface area contributed by atoms with Crippen LogP contribution in [-0.4, -0.2) is 27.0 Å². The van der Waals surface area contributed by atoms with Gasteiger partial charge in [0.05, 0.1) is 18.4 Å². The minimum absolute atomic E-state index is 0.0678. The van der Waals surface area contributed by atoms with E-state index in [1.807, 2.05) is 31.2 Å².